The maximum atomic E-state index is 6.80. The summed E-state index contributed by atoms with van der Waals surface area (Å²) in [7, 11) is 0. The molecule has 16 aromatic carbocycles. The van der Waals surface area contributed by atoms with Crippen molar-refractivity contribution >= 4 is 194 Å². The van der Waals surface area contributed by atoms with E-state index in [2.05, 4.69) is 273 Å². The molecule has 0 saturated heterocycles. The fourth-order valence-electron chi connectivity index (χ4n) is 19.7. The smallest absolute Gasteiger partial charge is 0.167 e. The van der Waals surface area contributed by atoms with E-state index >= 15 is 0 Å². The number of thiophene rings is 2. The van der Waals surface area contributed by atoms with Gasteiger partial charge in [-0.05, 0) is 97.1 Å². The largest absolute Gasteiger partial charge is 0.454 e. The first kappa shape index (κ1) is 71.6. The molecule has 28 rings (SSSR count). The Kier molecular flexibility index (Phi) is 15.8. The molecular weight excluding hydrogens is 1610 g/mol. The monoisotopic (exact) mass is 1670 g/mol. The molecule has 0 aliphatic carbocycles. The second kappa shape index (κ2) is 28.3. The van der Waals surface area contributed by atoms with Crippen LogP contribution >= 0.6 is 22.7 Å². The van der Waals surface area contributed by atoms with Gasteiger partial charge in [0.1, 0.15) is 22.8 Å². The molecule has 0 spiro atoms. The number of para-hydroxylation sites is 6. The molecule has 0 aliphatic heterocycles. The summed E-state index contributed by atoms with van der Waals surface area (Å²) in [5.74, 6) is 4.80. The van der Waals surface area contributed by atoms with Crippen LogP contribution < -0.4 is 0 Å². The summed E-state index contributed by atoms with van der Waals surface area (Å²) in [6.07, 6.45) is 3.99. The van der Waals surface area contributed by atoms with E-state index in [4.69, 9.17) is 48.7 Å². The molecule has 0 amide bonds. The Hall–Kier alpha value is -16.9. The Labute approximate surface area is 735 Å². The van der Waals surface area contributed by atoms with Gasteiger partial charge in [0.2, 0.25) is 0 Å². The fraction of sp³-hybridized carbons (Fsp3) is 0. The highest BCUT2D eigenvalue weighted by Gasteiger charge is 2.30. The molecule has 0 atom stereocenters. The van der Waals surface area contributed by atoms with Gasteiger partial charge >= 0.3 is 0 Å². The van der Waals surface area contributed by atoms with E-state index < -0.39 is 0 Å². The van der Waals surface area contributed by atoms with Gasteiger partial charge in [0.05, 0.1) is 73.5 Å². The molecule has 596 valence electrons. The highest BCUT2D eigenvalue weighted by molar-refractivity contribution is 7.26. The molecule has 0 radical (unpaired) electrons. The quantitative estimate of drug-likeness (QED) is 0.129. The van der Waals surface area contributed by atoms with E-state index in [-0.39, 0.29) is 0 Å². The minimum atomic E-state index is 0.481. The van der Waals surface area contributed by atoms with E-state index in [0.29, 0.717) is 46.3 Å². The Morgan fingerprint density at radius 3 is 1.08 bits per heavy atom. The summed E-state index contributed by atoms with van der Waals surface area (Å²) < 4.78 is 27.8. The first-order valence-electron chi connectivity index (χ1n) is 42.6. The summed E-state index contributed by atoms with van der Waals surface area (Å²) in [6, 6.07) is 131. The predicted molar refractivity (Wildman–Crippen MR) is 526 cm³/mol. The number of fused-ring (bicyclic) bond motifs is 28. The lowest BCUT2D eigenvalue weighted by Gasteiger charge is -2.16. The molecule has 28 aromatic rings. The Bertz CT molecular complexity index is 9380. The summed E-state index contributed by atoms with van der Waals surface area (Å²) >= 11 is 3.69. The summed E-state index contributed by atoms with van der Waals surface area (Å²) in [5, 5.41) is 18.4. The van der Waals surface area contributed by atoms with Gasteiger partial charge in [-0.2, -0.15) is 0 Å². The van der Waals surface area contributed by atoms with Crippen LogP contribution in [0.3, 0.4) is 0 Å². The van der Waals surface area contributed by atoms with Gasteiger partial charge < -0.3 is 18.0 Å². The minimum absolute atomic E-state index is 0.481. The zero-order valence-electron chi connectivity index (χ0n) is 67.9. The van der Waals surface area contributed by atoms with Crippen molar-refractivity contribution in [3.05, 3.63) is 389 Å². The van der Waals surface area contributed by atoms with Crippen LogP contribution in [0.2, 0.25) is 0 Å². The molecule has 16 heteroatoms. The standard InChI is InChI=1S/C56H32N6O2.C56H32N6S2/c1-3-15-33(16-4-1)53-58-54(34-17-5-2-6-18-34)60-55(59-53)44-31-35(61-45-23-11-7-19-36(45)40-27-29-42-38-21-9-13-25-47(38)63-51(42)49(40)61)32-57-56(44)62-46-24-12-8-20-37(46)41-28-30-43-39-22-10-14-26-48(39)64-52(43)50(41)62;1-3-15-33(16-4-1)54-58-55(34-17-5-2-6-18-34)60-56(59-54)39-31-49(62-41-24-12-8-20-36(41)51-43(62)28-30-48-53(51)38-22-10-14-26-46(38)64-48)57-32-44(39)61-40-23-11-7-19-35(40)50-42(61)27-29-47-52(50)37-21-9-13-25-45(37)63-47/h2*1-32H. The topological polar surface area (TPSA) is 149 Å². The normalized spacial score (nSPS) is 12.1. The molecule has 0 saturated carbocycles. The number of benzene rings is 16. The van der Waals surface area contributed by atoms with E-state index in [1.807, 2.05) is 156 Å². The Morgan fingerprint density at radius 1 is 0.227 bits per heavy atom. The maximum Gasteiger partial charge on any atom is 0.167 e. The van der Waals surface area contributed by atoms with Gasteiger partial charge in [-0.3, -0.25) is 9.13 Å². The average molecular weight is 1670 g/mol. The van der Waals surface area contributed by atoms with Gasteiger partial charge in [-0.15, -0.1) is 22.7 Å². The zero-order chi connectivity index (χ0) is 83.8. The average Bonchev–Trinajstić information content (AvgIpc) is 1.61. The molecule has 128 heavy (non-hydrogen) atoms. The molecule has 0 N–H and O–H groups in total. The maximum absolute atomic E-state index is 6.80. The SMILES string of the molecule is c1ccc(-c2nc(-c3ccccc3)nc(-c3cc(-n4c5ccccc5c5c6c(ccc54)sc4ccccc46)ncc3-n3c4ccccc4c4c5c(ccc43)sc3ccccc35)n2)cc1.c1ccc(-c2nc(-c3ccccc3)nc(-c3cc(-n4c5ccccc5c5ccc6c7ccccc7oc6c54)cnc3-n3c4ccccc4c4ccc5c6ccccc6oc5c43)n2)cc1. The molecule has 0 unspecified atom stereocenters. The molecule has 0 bridgehead atoms. The van der Waals surface area contributed by atoms with Crippen molar-refractivity contribution in [2.75, 3.05) is 0 Å². The third-order valence-corrected chi connectivity index (χ3v) is 27.5. The summed E-state index contributed by atoms with van der Waals surface area (Å²) in [6.45, 7) is 0. The van der Waals surface area contributed by atoms with E-state index in [1.54, 1.807) is 0 Å². The van der Waals surface area contributed by atoms with Crippen LogP contribution in [0.25, 0.3) is 263 Å². The van der Waals surface area contributed by atoms with E-state index in [0.717, 1.165) is 155 Å². The molecule has 14 nitrogen and oxygen atoms in total. The lowest BCUT2D eigenvalue weighted by Crippen LogP contribution is -2.07. The first-order valence-corrected chi connectivity index (χ1v) is 44.2. The van der Waals surface area contributed by atoms with Crippen LogP contribution in [0, 0.1) is 0 Å². The van der Waals surface area contributed by atoms with Gasteiger partial charge in [0.25, 0.3) is 0 Å². The van der Waals surface area contributed by atoms with Crippen molar-refractivity contribution in [1.29, 1.82) is 0 Å². The molecule has 0 fully saturated rings. The van der Waals surface area contributed by atoms with E-state index in [9.17, 15) is 0 Å². The number of pyridine rings is 2. The third kappa shape index (κ3) is 11.0. The molecule has 12 heterocycles. The number of nitrogens with zero attached hydrogens (tertiary/aromatic N) is 12. The van der Waals surface area contributed by atoms with Crippen molar-refractivity contribution < 1.29 is 8.83 Å². The predicted octanol–water partition coefficient (Wildman–Crippen LogP) is 29.5. The summed E-state index contributed by atoms with van der Waals surface area (Å²) in [4.78, 5) is 42.5. The lowest BCUT2D eigenvalue weighted by molar-refractivity contribution is 0.670. The number of furan rings is 2. The van der Waals surface area contributed by atoms with Gasteiger partial charge in [0.15, 0.2) is 46.1 Å². The van der Waals surface area contributed by atoms with Crippen molar-refractivity contribution in [2.45, 2.75) is 0 Å². The first-order chi connectivity index (χ1) is 63.5. The van der Waals surface area contributed by atoms with Crippen molar-refractivity contribution in [1.82, 2.24) is 58.1 Å². The minimum Gasteiger partial charge on any atom is -0.454 e. The molecule has 12 aromatic heterocycles. The van der Waals surface area contributed by atoms with Gasteiger partial charge in [0, 0.05) is 133 Å². The number of aromatic nitrogens is 12. The van der Waals surface area contributed by atoms with Gasteiger partial charge in [-0.25, -0.2) is 39.9 Å². The van der Waals surface area contributed by atoms with Crippen LogP contribution in [0.5, 0.6) is 0 Å². The highest BCUT2D eigenvalue weighted by Crippen LogP contribution is 2.50. The van der Waals surface area contributed by atoms with Crippen LogP contribution in [0.15, 0.2) is 397 Å². The van der Waals surface area contributed by atoms with Crippen LogP contribution in [-0.4, -0.2) is 58.1 Å². The highest BCUT2D eigenvalue weighted by atomic mass is 32.1. The zero-order valence-corrected chi connectivity index (χ0v) is 69.6. The van der Waals surface area contributed by atoms with Crippen LogP contribution in [0.1, 0.15) is 0 Å². The van der Waals surface area contributed by atoms with Gasteiger partial charge in [-0.1, -0.05) is 279 Å². The third-order valence-electron chi connectivity index (χ3n) is 25.3. The molecular formula is C112H64N12O2S2. The van der Waals surface area contributed by atoms with Crippen LogP contribution in [-0.2, 0) is 0 Å². The fourth-order valence-corrected chi connectivity index (χ4v) is 21.9. The second-order valence-electron chi connectivity index (χ2n) is 32.3. The van der Waals surface area contributed by atoms with Crippen molar-refractivity contribution in [2.24, 2.45) is 0 Å². The Balaban J connectivity index is 0.000000132. The number of hydrogen-bond acceptors (Lipinski definition) is 12. The number of hydrogen-bond donors (Lipinski definition) is 0. The van der Waals surface area contributed by atoms with Crippen molar-refractivity contribution in [3.63, 3.8) is 0 Å². The lowest BCUT2D eigenvalue weighted by atomic mass is 10.1. The Morgan fingerprint density at radius 2 is 0.594 bits per heavy atom. The number of rotatable bonds is 10. The van der Waals surface area contributed by atoms with Crippen LogP contribution in [0.4, 0.5) is 0 Å². The second-order valence-corrected chi connectivity index (χ2v) is 34.5. The summed E-state index contributed by atoms with van der Waals surface area (Å²) in [5.41, 5.74) is 18.4. The van der Waals surface area contributed by atoms with E-state index in [1.165, 1.54) is 61.9 Å². The molecule has 0 aliphatic rings. The van der Waals surface area contributed by atoms with Crippen molar-refractivity contribution in [3.8, 4) is 91.3 Å².